The maximum atomic E-state index is 12.4. The van der Waals surface area contributed by atoms with E-state index in [0.29, 0.717) is 5.52 Å². The smallest absolute Gasteiger partial charge is 0.278 e. The summed E-state index contributed by atoms with van der Waals surface area (Å²) in [7, 11) is 0. The van der Waals surface area contributed by atoms with Crippen molar-refractivity contribution in [2.75, 3.05) is 0 Å². The van der Waals surface area contributed by atoms with E-state index in [9.17, 15) is 13.2 Å². The van der Waals surface area contributed by atoms with Gasteiger partial charge in [-0.25, -0.2) is 0 Å². The van der Waals surface area contributed by atoms with E-state index in [1.807, 2.05) is 0 Å². The van der Waals surface area contributed by atoms with Gasteiger partial charge in [0.2, 0.25) is 0 Å². The molecule has 0 atom stereocenters. The van der Waals surface area contributed by atoms with Crippen molar-refractivity contribution in [1.82, 2.24) is 10.2 Å². The largest absolute Gasteiger partial charge is 0.417 e. The molecule has 0 bridgehead atoms. The van der Waals surface area contributed by atoms with Gasteiger partial charge in [-0.2, -0.15) is 18.3 Å². The Bertz CT molecular complexity index is 430. The molecule has 0 saturated heterocycles. The normalized spacial score (nSPS) is 12.2. The first-order valence-corrected chi connectivity index (χ1v) is 3.58. The zero-order valence-electron chi connectivity index (χ0n) is 6.39. The summed E-state index contributed by atoms with van der Waals surface area (Å²) < 4.78 is 37.1. The summed E-state index contributed by atoms with van der Waals surface area (Å²) in [6, 6.07) is 3.94. The maximum absolute atomic E-state index is 12.4. The average Bonchev–Trinajstić information content (AvgIpc) is 2.48. The van der Waals surface area contributed by atoms with Crippen LogP contribution in [0.25, 0.3) is 10.9 Å². The molecule has 2 nitrogen and oxygen atoms in total. The number of rotatable bonds is 0. The highest BCUT2D eigenvalue weighted by molar-refractivity contribution is 5.82. The number of hydrogen-bond acceptors (Lipinski definition) is 1. The zero-order valence-corrected chi connectivity index (χ0v) is 6.39. The first-order valence-electron chi connectivity index (χ1n) is 3.58. The van der Waals surface area contributed by atoms with Gasteiger partial charge in [0.25, 0.3) is 0 Å². The second-order valence-electron chi connectivity index (χ2n) is 2.63. The summed E-state index contributed by atoms with van der Waals surface area (Å²) >= 11 is 0. The predicted octanol–water partition coefficient (Wildman–Crippen LogP) is 2.58. The molecule has 0 aliphatic rings. The fraction of sp³-hybridized carbons (Fsp3) is 0.125. The van der Waals surface area contributed by atoms with Crippen LogP contribution in [0.15, 0.2) is 24.4 Å². The standard InChI is InChI=1S/C8H5F3N2/c9-8(10,11)6-2-1-3-7-5(6)4-12-13-7/h1-4H,(H,12,13). The Morgan fingerprint density at radius 2 is 2.00 bits per heavy atom. The Morgan fingerprint density at radius 1 is 1.23 bits per heavy atom. The van der Waals surface area contributed by atoms with Gasteiger partial charge in [0.15, 0.2) is 0 Å². The number of hydrogen-bond donors (Lipinski definition) is 1. The summed E-state index contributed by atoms with van der Waals surface area (Å²) in [6.45, 7) is 0. The molecular formula is C8H5F3N2. The topological polar surface area (TPSA) is 28.7 Å². The first-order chi connectivity index (χ1) is 6.09. The lowest BCUT2D eigenvalue weighted by Crippen LogP contribution is -2.04. The van der Waals surface area contributed by atoms with Crippen LogP contribution in [-0.4, -0.2) is 10.2 Å². The predicted molar refractivity (Wildman–Crippen MR) is 41.1 cm³/mol. The van der Waals surface area contributed by atoms with Gasteiger partial charge in [0.05, 0.1) is 17.3 Å². The van der Waals surface area contributed by atoms with Gasteiger partial charge in [-0.15, -0.1) is 0 Å². The van der Waals surface area contributed by atoms with Crippen LogP contribution in [0.1, 0.15) is 5.56 Å². The van der Waals surface area contributed by atoms with Crippen LogP contribution < -0.4 is 0 Å². The third-order valence-electron chi connectivity index (χ3n) is 1.79. The molecule has 1 N–H and O–H groups in total. The third-order valence-corrected chi connectivity index (χ3v) is 1.79. The molecule has 0 saturated carbocycles. The van der Waals surface area contributed by atoms with E-state index in [0.717, 1.165) is 6.07 Å². The van der Waals surface area contributed by atoms with E-state index in [-0.39, 0.29) is 5.39 Å². The molecule has 68 valence electrons. The maximum Gasteiger partial charge on any atom is 0.417 e. The third kappa shape index (κ3) is 1.26. The van der Waals surface area contributed by atoms with Crippen molar-refractivity contribution in [3.05, 3.63) is 30.0 Å². The van der Waals surface area contributed by atoms with Crippen LogP contribution >= 0.6 is 0 Å². The minimum atomic E-state index is -4.32. The van der Waals surface area contributed by atoms with Gasteiger partial charge >= 0.3 is 6.18 Å². The van der Waals surface area contributed by atoms with Crippen LogP contribution in [0.5, 0.6) is 0 Å². The molecular weight excluding hydrogens is 181 g/mol. The molecule has 1 heterocycles. The fourth-order valence-electron chi connectivity index (χ4n) is 1.22. The Kier molecular flexibility index (Phi) is 1.55. The van der Waals surface area contributed by atoms with Crippen molar-refractivity contribution in [2.45, 2.75) is 6.18 Å². The van der Waals surface area contributed by atoms with Crippen molar-refractivity contribution in [1.29, 1.82) is 0 Å². The van der Waals surface area contributed by atoms with E-state index in [1.165, 1.54) is 12.3 Å². The van der Waals surface area contributed by atoms with E-state index < -0.39 is 11.7 Å². The SMILES string of the molecule is FC(F)(F)c1cccc2[nH]ncc12. The number of aromatic nitrogens is 2. The Hall–Kier alpha value is -1.52. The van der Waals surface area contributed by atoms with E-state index >= 15 is 0 Å². The van der Waals surface area contributed by atoms with Crippen LogP contribution in [0, 0.1) is 0 Å². The van der Waals surface area contributed by atoms with Crippen molar-refractivity contribution in [2.24, 2.45) is 0 Å². The number of nitrogens with zero attached hydrogens (tertiary/aromatic N) is 1. The summed E-state index contributed by atoms with van der Waals surface area (Å²) in [5, 5.41) is 6.14. The molecule has 0 fully saturated rings. The van der Waals surface area contributed by atoms with E-state index in [4.69, 9.17) is 0 Å². The second kappa shape index (κ2) is 2.48. The molecule has 13 heavy (non-hydrogen) atoms. The monoisotopic (exact) mass is 186 g/mol. The molecule has 1 aromatic heterocycles. The highest BCUT2D eigenvalue weighted by Crippen LogP contribution is 2.33. The molecule has 2 aromatic rings. The van der Waals surface area contributed by atoms with Crippen LogP contribution in [0.2, 0.25) is 0 Å². The summed E-state index contributed by atoms with van der Waals surface area (Å²) in [5.74, 6) is 0. The number of benzene rings is 1. The highest BCUT2D eigenvalue weighted by Gasteiger charge is 2.32. The molecule has 1 aromatic carbocycles. The van der Waals surface area contributed by atoms with Crippen LogP contribution in [0.4, 0.5) is 13.2 Å². The Balaban J connectivity index is 2.75. The lowest BCUT2D eigenvalue weighted by atomic mass is 10.1. The van der Waals surface area contributed by atoms with Crippen LogP contribution in [-0.2, 0) is 6.18 Å². The van der Waals surface area contributed by atoms with Gasteiger partial charge in [0, 0.05) is 5.39 Å². The first kappa shape index (κ1) is 8.10. The van der Waals surface area contributed by atoms with E-state index in [1.54, 1.807) is 6.07 Å². The molecule has 0 aliphatic heterocycles. The molecule has 0 radical (unpaired) electrons. The Labute approximate surface area is 71.4 Å². The van der Waals surface area contributed by atoms with Crippen molar-refractivity contribution >= 4 is 10.9 Å². The molecule has 0 unspecified atom stereocenters. The number of fused-ring (bicyclic) bond motifs is 1. The van der Waals surface area contributed by atoms with Crippen molar-refractivity contribution in [3.63, 3.8) is 0 Å². The average molecular weight is 186 g/mol. The minimum absolute atomic E-state index is 0.106. The van der Waals surface area contributed by atoms with Gasteiger partial charge < -0.3 is 0 Å². The van der Waals surface area contributed by atoms with E-state index in [2.05, 4.69) is 10.2 Å². The molecule has 0 aliphatic carbocycles. The summed E-state index contributed by atoms with van der Waals surface area (Å²) in [4.78, 5) is 0. The lowest BCUT2D eigenvalue weighted by Gasteiger charge is -2.06. The number of alkyl halides is 3. The van der Waals surface area contributed by atoms with Gasteiger partial charge in [-0.1, -0.05) is 6.07 Å². The van der Waals surface area contributed by atoms with Gasteiger partial charge in [-0.05, 0) is 12.1 Å². The Morgan fingerprint density at radius 3 is 2.69 bits per heavy atom. The summed E-state index contributed by atoms with van der Waals surface area (Å²) in [5.41, 5.74) is -0.256. The zero-order chi connectivity index (χ0) is 9.47. The molecule has 5 heteroatoms. The molecule has 0 spiro atoms. The minimum Gasteiger partial charge on any atom is -0.278 e. The lowest BCUT2D eigenvalue weighted by molar-refractivity contribution is -0.136. The molecule has 2 rings (SSSR count). The van der Waals surface area contributed by atoms with Crippen molar-refractivity contribution in [3.8, 4) is 0 Å². The quantitative estimate of drug-likeness (QED) is 0.673. The number of H-pyrrole nitrogens is 1. The number of nitrogens with one attached hydrogen (secondary N) is 1. The number of aromatic amines is 1. The summed E-state index contributed by atoms with van der Waals surface area (Å²) in [6.07, 6.45) is -3.14. The fourth-order valence-corrected chi connectivity index (χ4v) is 1.22. The number of halogens is 3. The molecule has 0 amide bonds. The second-order valence-corrected chi connectivity index (χ2v) is 2.63. The van der Waals surface area contributed by atoms with Crippen LogP contribution in [0.3, 0.4) is 0 Å². The highest BCUT2D eigenvalue weighted by atomic mass is 19.4. The van der Waals surface area contributed by atoms with Gasteiger partial charge in [-0.3, -0.25) is 5.10 Å². The van der Waals surface area contributed by atoms with Gasteiger partial charge in [0.1, 0.15) is 0 Å². The van der Waals surface area contributed by atoms with Crippen molar-refractivity contribution < 1.29 is 13.2 Å².